The van der Waals surface area contributed by atoms with Gasteiger partial charge in [-0.3, -0.25) is 14.4 Å². The lowest BCUT2D eigenvalue weighted by Gasteiger charge is -2.18. The average Bonchev–Trinajstić information content (AvgIpc) is 3.46. The van der Waals surface area contributed by atoms with Crippen LogP contribution in [0.1, 0.15) is 335 Å². The van der Waals surface area contributed by atoms with Crippen LogP contribution in [0.25, 0.3) is 0 Å². The number of hydrogen-bond acceptors (Lipinski definition) is 6. The Morgan fingerprint density at radius 3 is 0.775 bits per heavy atom. The number of unbranched alkanes of at least 4 members (excludes halogenated alkanes) is 35. The number of hydrogen-bond donors (Lipinski definition) is 0. The van der Waals surface area contributed by atoms with E-state index in [4.69, 9.17) is 14.2 Å². The summed E-state index contributed by atoms with van der Waals surface area (Å²) in [5.41, 5.74) is 0. The number of carbonyl (C=O) groups excluding carboxylic acids is 3. The molecule has 0 aliphatic rings. The Labute approximate surface area is 496 Å². The molecule has 0 saturated heterocycles. The second-order valence-electron chi connectivity index (χ2n) is 22.7. The van der Waals surface area contributed by atoms with E-state index in [9.17, 15) is 14.4 Å². The normalized spacial score (nSPS) is 12.7. The van der Waals surface area contributed by atoms with Gasteiger partial charge in [0.2, 0.25) is 0 Å². The maximum atomic E-state index is 12.9. The molecule has 0 rings (SSSR count). The molecule has 0 aromatic carbocycles. The highest BCUT2D eigenvalue weighted by Crippen LogP contribution is 2.16. The van der Waals surface area contributed by atoms with Crippen molar-refractivity contribution in [1.29, 1.82) is 0 Å². The topological polar surface area (TPSA) is 78.9 Å². The van der Waals surface area contributed by atoms with Crippen molar-refractivity contribution in [2.75, 3.05) is 13.2 Å². The van der Waals surface area contributed by atoms with Gasteiger partial charge in [-0.2, -0.15) is 0 Å². The molecule has 80 heavy (non-hydrogen) atoms. The lowest BCUT2D eigenvalue weighted by atomic mass is 10.0. The quantitative estimate of drug-likeness (QED) is 0.0261. The number of ether oxygens (including phenoxy) is 3. The molecule has 0 amide bonds. The van der Waals surface area contributed by atoms with E-state index < -0.39 is 6.10 Å². The van der Waals surface area contributed by atoms with Crippen LogP contribution in [-0.2, 0) is 28.6 Å². The zero-order valence-corrected chi connectivity index (χ0v) is 52.8. The molecule has 0 saturated carbocycles. The lowest BCUT2D eigenvalue weighted by Crippen LogP contribution is -2.30. The van der Waals surface area contributed by atoms with Gasteiger partial charge >= 0.3 is 17.9 Å². The highest BCUT2D eigenvalue weighted by atomic mass is 16.6. The molecule has 0 heterocycles. The first-order valence-corrected chi connectivity index (χ1v) is 34.2. The summed E-state index contributed by atoms with van der Waals surface area (Å²) in [4.78, 5) is 38.4. The van der Waals surface area contributed by atoms with Gasteiger partial charge in [0.25, 0.3) is 0 Å². The third-order valence-electron chi connectivity index (χ3n) is 14.8. The second-order valence-corrected chi connectivity index (χ2v) is 22.7. The monoisotopic (exact) mass is 1110 g/mol. The molecule has 1 unspecified atom stereocenters. The fraction of sp³-hybridized carbons (Fsp3) is 0.743. The minimum atomic E-state index is -0.785. The van der Waals surface area contributed by atoms with E-state index >= 15 is 0 Å². The predicted molar refractivity (Wildman–Crippen MR) is 348 cm³/mol. The van der Waals surface area contributed by atoms with Gasteiger partial charge in [-0.25, -0.2) is 0 Å². The van der Waals surface area contributed by atoms with Crippen LogP contribution in [0.3, 0.4) is 0 Å². The molecule has 0 aromatic rings. The maximum absolute atomic E-state index is 12.9. The predicted octanol–water partition coefficient (Wildman–Crippen LogP) is 23.6. The molecule has 460 valence electrons. The van der Waals surface area contributed by atoms with Crippen molar-refractivity contribution in [2.45, 2.75) is 341 Å². The summed E-state index contributed by atoms with van der Waals surface area (Å²) in [5.74, 6) is -0.882. The van der Waals surface area contributed by atoms with Crippen LogP contribution in [0.2, 0.25) is 0 Å². The van der Waals surface area contributed by atoms with Gasteiger partial charge in [-0.15, -0.1) is 0 Å². The Hall–Kier alpha value is -3.67. The van der Waals surface area contributed by atoms with Crippen molar-refractivity contribution < 1.29 is 28.6 Å². The zero-order chi connectivity index (χ0) is 57.8. The van der Waals surface area contributed by atoms with Crippen molar-refractivity contribution in [3.05, 3.63) is 97.2 Å². The van der Waals surface area contributed by atoms with E-state index in [2.05, 4.69) is 118 Å². The standard InChI is InChI=1S/C74H128O6/c1-4-7-10-13-16-19-22-25-28-30-32-33-34-35-36-37-38-39-40-41-43-44-46-49-52-55-58-61-64-67-73(76)79-70-71(69-78-72(75)66-63-60-57-54-51-48-27-24-21-18-15-12-9-6-3)80-74(77)68-65-62-59-56-53-50-47-45-42-31-29-26-23-20-17-14-11-8-5-2/h7,10,16,19,24-29,32-33,35-36,38-39,71H,4-6,8-9,11-15,17-18,20-23,30-31,34,37,40-70H2,1-3H3/b10-7-,19-16-,27-24-,28-25-,29-26-,33-32-,36-35-,39-38-. The van der Waals surface area contributed by atoms with Crippen molar-refractivity contribution in [3.8, 4) is 0 Å². The summed E-state index contributed by atoms with van der Waals surface area (Å²) >= 11 is 0. The summed E-state index contributed by atoms with van der Waals surface area (Å²) in [5, 5.41) is 0. The molecule has 0 aliphatic carbocycles. The molecule has 0 spiro atoms. The summed E-state index contributed by atoms with van der Waals surface area (Å²) < 4.78 is 17.0. The summed E-state index contributed by atoms with van der Waals surface area (Å²) in [7, 11) is 0. The molecule has 0 N–H and O–H groups in total. The molecule has 0 bridgehead atoms. The van der Waals surface area contributed by atoms with E-state index in [1.54, 1.807) is 0 Å². The highest BCUT2D eigenvalue weighted by molar-refractivity contribution is 5.71. The van der Waals surface area contributed by atoms with E-state index in [0.717, 1.165) is 103 Å². The summed E-state index contributed by atoms with van der Waals surface area (Å²) in [6, 6.07) is 0. The Morgan fingerprint density at radius 2 is 0.487 bits per heavy atom. The van der Waals surface area contributed by atoms with Crippen molar-refractivity contribution in [3.63, 3.8) is 0 Å². The first-order valence-electron chi connectivity index (χ1n) is 34.2. The Balaban J connectivity index is 4.31. The highest BCUT2D eigenvalue weighted by Gasteiger charge is 2.19. The average molecular weight is 1110 g/mol. The molecular weight excluding hydrogens is 985 g/mol. The first-order chi connectivity index (χ1) is 39.5. The van der Waals surface area contributed by atoms with Crippen LogP contribution in [0.15, 0.2) is 97.2 Å². The number of carbonyl (C=O) groups is 3. The van der Waals surface area contributed by atoms with Gasteiger partial charge in [-0.1, -0.05) is 291 Å². The van der Waals surface area contributed by atoms with E-state index in [0.29, 0.717) is 19.3 Å². The third kappa shape index (κ3) is 65.1. The number of allylic oxidation sites excluding steroid dienone is 16. The molecule has 0 aromatic heterocycles. The molecule has 6 nitrogen and oxygen atoms in total. The Morgan fingerprint density at radius 1 is 0.263 bits per heavy atom. The number of esters is 3. The van der Waals surface area contributed by atoms with Gasteiger partial charge in [-0.05, 0) is 122 Å². The summed E-state index contributed by atoms with van der Waals surface area (Å²) in [6.45, 7) is 6.54. The lowest BCUT2D eigenvalue weighted by molar-refractivity contribution is -0.167. The van der Waals surface area contributed by atoms with Crippen LogP contribution in [-0.4, -0.2) is 37.2 Å². The van der Waals surface area contributed by atoms with Crippen molar-refractivity contribution in [2.24, 2.45) is 0 Å². The first kappa shape index (κ1) is 76.3. The smallest absolute Gasteiger partial charge is 0.306 e. The minimum absolute atomic E-state index is 0.0813. The fourth-order valence-corrected chi connectivity index (χ4v) is 9.67. The van der Waals surface area contributed by atoms with Gasteiger partial charge < -0.3 is 14.2 Å². The Bertz CT molecular complexity index is 1560. The van der Waals surface area contributed by atoms with Crippen molar-refractivity contribution >= 4 is 17.9 Å². The molecule has 0 aliphatic heterocycles. The van der Waals surface area contributed by atoms with Crippen molar-refractivity contribution in [1.82, 2.24) is 0 Å². The van der Waals surface area contributed by atoms with Crippen LogP contribution in [0.4, 0.5) is 0 Å². The molecule has 1 atom stereocenters. The SMILES string of the molecule is CC/C=C\C/C=C\C/C=C\C/C=C\C/C=C\C/C=C\CCCCCCCCCCCCC(=O)OCC(COC(=O)CCCCCCC/C=C\CCCCCCC)OC(=O)CCCCCCCCCCC/C=C\CCCCCCCC. The third-order valence-corrected chi connectivity index (χ3v) is 14.8. The Kier molecular flexibility index (Phi) is 64.7. The van der Waals surface area contributed by atoms with E-state index in [1.807, 2.05) is 0 Å². The van der Waals surface area contributed by atoms with Gasteiger partial charge in [0.1, 0.15) is 13.2 Å². The largest absolute Gasteiger partial charge is 0.462 e. The van der Waals surface area contributed by atoms with Crippen LogP contribution >= 0.6 is 0 Å². The van der Waals surface area contributed by atoms with E-state index in [-0.39, 0.29) is 31.1 Å². The molecule has 0 fully saturated rings. The molecule has 0 radical (unpaired) electrons. The van der Waals surface area contributed by atoms with Gasteiger partial charge in [0, 0.05) is 19.3 Å². The zero-order valence-electron chi connectivity index (χ0n) is 52.8. The van der Waals surface area contributed by atoms with Crippen LogP contribution in [0, 0.1) is 0 Å². The number of rotatable bonds is 62. The van der Waals surface area contributed by atoms with Crippen LogP contribution < -0.4 is 0 Å². The summed E-state index contributed by atoms with van der Waals surface area (Å²) in [6.07, 6.45) is 91.3. The molecular formula is C74H128O6. The fourth-order valence-electron chi connectivity index (χ4n) is 9.67. The van der Waals surface area contributed by atoms with Gasteiger partial charge in [0.05, 0.1) is 0 Å². The minimum Gasteiger partial charge on any atom is -0.462 e. The maximum Gasteiger partial charge on any atom is 0.306 e. The van der Waals surface area contributed by atoms with E-state index in [1.165, 1.54) is 193 Å². The second kappa shape index (κ2) is 67.8. The molecule has 6 heteroatoms. The van der Waals surface area contributed by atoms with Gasteiger partial charge in [0.15, 0.2) is 6.10 Å². The van der Waals surface area contributed by atoms with Crippen LogP contribution in [0.5, 0.6) is 0 Å².